The highest BCUT2D eigenvalue weighted by Crippen LogP contribution is 2.29. The Labute approximate surface area is 195 Å². The van der Waals surface area contributed by atoms with Gasteiger partial charge in [0.25, 0.3) is 0 Å². The Morgan fingerprint density at radius 2 is 2.06 bits per heavy atom. The number of nitrogens with zero attached hydrogens (tertiary/aromatic N) is 3. The summed E-state index contributed by atoms with van der Waals surface area (Å²) in [7, 11) is 3.75. The maximum absolute atomic E-state index is 13.0. The number of likely N-dealkylation sites (tertiary alicyclic amines) is 1. The van der Waals surface area contributed by atoms with E-state index < -0.39 is 0 Å². The Morgan fingerprint density at radius 1 is 1.24 bits per heavy atom. The van der Waals surface area contributed by atoms with E-state index in [1.54, 1.807) is 19.5 Å². The van der Waals surface area contributed by atoms with Crippen LogP contribution in [0.5, 0.6) is 5.75 Å². The highest BCUT2D eigenvalue weighted by molar-refractivity contribution is 5.83. The lowest BCUT2D eigenvalue weighted by molar-refractivity contribution is -0.126. The van der Waals surface area contributed by atoms with E-state index >= 15 is 0 Å². The topological polar surface area (TPSA) is 86.8 Å². The third kappa shape index (κ3) is 5.69. The molecule has 2 saturated heterocycles. The molecule has 4 rings (SSSR count). The van der Waals surface area contributed by atoms with Crippen molar-refractivity contribution in [3.05, 3.63) is 59.9 Å². The number of aromatic nitrogens is 1. The number of methoxy groups -OCH3 is 1. The summed E-state index contributed by atoms with van der Waals surface area (Å²) in [5.74, 6) is 0.936. The van der Waals surface area contributed by atoms with Gasteiger partial charge in [0, 0.05) is 57.1 Å². The van der Waals surface area contributed by atoms with E-state index in [0.29, 0.717) is 25.9 Å². The van der Waals surface area contributed by atoms with Gasteiger partial charge in [-0.05, 0) is 49.2 Å². The van der Waals surface area contributed by atoms with E-state index in [1.807, 2.05) is 24.3 Å². The molecule has 8 nitrogen and oxygen atoms in total. The van der Waals surface area contributed by atoms with Crippen LogP contribution < -0.4 is 15.4 Å². The number of ether oxygens (including phenoxy) is 1. The Bertz CT molecular complexity index is 937. The molecule has 176 valence electrons. The molecule has 3 atom stereocenters. The summed E-state index contributed by atoms with van der Waals surface area (Å²) in [4.78, 5) is 34.0. The zero-order valence-corrected chi connectivity index (χ0v) is 19.4. The maximum atomic E-state index is 13.0. The molecule has 3 heterocycles. The third-order valence-corrected chi connectivity index (χ3v) is 6.81. The van der Waals surface area contributed by atoms with E-state index in [-0.39, 0.29) is 29.9 Å². The molecule has 0 radical (unpaired) electrons. The number of rotatable bonds is 8. The molecule has 1 aromatic carbocycles. The first-order chi connectivity index (χ1) is 16.0. The number of amides is 2. The standard InChI is InChI=1S/C25H33N5O3/c1-29-20(7-10-23(31)27-15-19-4-3-12-26-14-19)16-28-25(32)24-22(29)11-13-30(24)17-18-5-8-21(33-2)9-6-18/h3-6,8-9,12,14,20,22,24H,7,10-11,13,15-17H2,1-2H3,(H,27,31)(H,28,32). The van der Waals surface area contributed by atoms with Gasteiger partial charge in [0.05, 0.1) is 7.11 Å². The van der Waals surface area contributed by atoms with Crippen molar-refractivity contribution in [2.75, 3.05) is 27.2 Å². The number of fused-ring (bicyclic) bond motifs is 1. The number of pyridine rings is 1. The van der Waals surface area contributed by atoms with Crippen molar-refractivity contribution >= 4 is 11.8 Å². The summed E-state index contributed by atoms with van der Waals surface area (Å²) in [5, 5.41) is 6.09. The first-order valence-corrected chi connectivity index (χ1v) is 11.6. The van der Waals surface area contributed by atoms with E-state index in [1.165, 1.54) is 0 Å². The van der Waals surface area contributed by atoms with Gasteiger partial charge >= 0.3 is 0 Å². The molecule has 2 aliphatic rings. The second-order valence-corrected chi connectivity index (χ2v) is 8.86. The zero-order chi connectivity index (χ0) is 23.2. The van der Waals surface area contributed by atoms with Gasteiger partial charge < -0.3 is 15.4 Å². The van der Waals surface area contributed by atoms with Gasteiger partial charge in [-0.3, -0.25) is 24.4 Å². The number of benzene rings is 1. The van der Waals surface area contributed by atoms with Crippen LogP contribution in [-0.4, -0.2) is 72.0 Å². The third-order valence-electron chi connectivity index (χ3n) is 6.81. The van der Waals surface area contributed by atoms with Crippen LogP contribution in [0.2, 0.25) is 0 Å². The van der Waals surface area contributed by atoms with E-state index in [4.69, 9.17) is 4.74 Å². The van der Waals surface area contributed by atoms with Crippen molar-refractivity contribution in [1.29, 1.82) is 0 Å². The molecular weight excluding hydrogens is 418 g/mol. The van der Waals surface area contributed by atoms with Crippen LogP contribution in [0.3, 0.4) is 0 Å². The molecule has 0 saturated carbocycles. The van der Waals surface area contributed by atoms with Gasteiger partial charge in [-0.2, -0.15) is 0 Å². The molecule has 0 aliphatic carbocycles. The molecule has 8 heteroatoms. The van der Waals surface area contributed by atoms with Gasteiger partial charge in [-0.1, -0.05) is 18.2 Å². The van der Waals surface area contributed by atoms with Crippen LogP contribution in [-0.2, 0) is 22.7 Å². The Balaban J connectivity index is 1.32. The van der Waals surface area contributed by atoms with Crippen LogP contribution in [0.4, 0.5) is 0 Å². The number of likely N-dealkylation sites (N-methyl/N-ethyl adjacent to an activating group) is 1. The average Bonchev–Trinajstić information content (AvgIpc) is 3.22. The maximum Gasteiger partial charge on any atom is 0.239 e. The summed E-state index contributed by atoms with van der Waals surface area (Å²) in [6.07, 6.45) is 5.55. The van der Waals surface area contributed by atoms with Gasteiger partial charge in [-0.15, -0.1) is 0 Å². The van der Waals surface area contributed by atoms with Crippen LogP contribution in [0.1, 0.15) is 30.4 Å². The highest BCUT2D eigenvalue weighted by Gasteiger charge is 2.44. The molecule has 2 fully saturated rings. The van der Waals surface area contributed by atoms with Crippen molar-refractivity contribution in [2.45, 2.75) is 50.5 Å². The summed E-state index contributed by atoms with van der Waals surface area (Å²) >= 11 is 0. The fraction of sp³-hybridized carbons (Fsp3) is 0.480. The van der Waals surface area contributed by atoms with Crippen molar-refractivity contribution in [1.82, 2.24) is 25.4 Å². The number of carbonyl (C=O) groups is 2. The van der Waals surface area contributed by atoms with Gasteiger partial charge in [0.2, 0.25) is 11.8 Å². The molecular formula is C25H33N5O3. The molecule has 3 unspecified atom stereocenters. The van der Waals surface area contributed by atoms with Crippen molar-refractivity contribution in [2.24, 2.45) is 0 Å². The number of carbonyl (C=O) groups excluding carboxylic acids is 2. The first kappa shape index (κ1) is 23.2. The molecule has 2 N–H and O–H groups in total. The molecule has 0 bridgehead atoms. The summed E-state index contributed by atoms with van der Waals surface area (Å²) < 4.78 is 5.25. The molecule has 33 heavy (non-hydrogen) atoms. The molecule has 2 amide bonds. The van der Waals surface area contributed by atoms with Crippen LogP contribution in [0.15, 0.2) is 48.8 Å². The Hall–Kier alpha value is -2.97. The van der Waals surface area contributed by atoms with Crippen LogP contribution in [0.25, 0.3) is 0 Å². The summed E-state index contributed by atoms with van der Waals surface area (Å²) in [6.45, 7) is 2.65. The monoisotopic (exact) mass is 451 g/mol. The molecule has 2 aliphatic heterocycles. The fourth-order valence-corrected chi connectivity index (χ4v) is 4.88. The van der Waals surface area contributed by atoms with Crippen LogP contribution in [0, 0.1) is 0 Å². The summed E-state index contributed by atoms with van der Waals surface area (Å²) in [6, 6.07) is 11.9. The normalized spacial score (nSPS) is 23.5. The zero-order valence-electron chi connectivity index (χ0n) is 19.4. The van der Waals surface area contributed by atoms with Crippen molar-refractivity contribution in [3.8, 4) is 5.75 Å². The quantitative estimate of drug-likeness (QED) is 0.634. The first-order valence-electron chi connectivity index (χ1n) is 11.6. The highest BCUT2D eigenvalue weighted by atomic mass is 16.5. The van der Waals surface area contributed by atoms with E-state index in [0.717, 1.165) is 36.4 Å². The van der Waals surface area contributed by atoms with Gasteiger partial charge in [-0.25, -0.2) is 0 Å². The average molecular weight is 452 g/mol. The number of nitrogens with one attached hydrogen (secondary N) is 2. The predicted octanol–water partition coefficient (Wildman–Crippen LogP) is 1.56. The summed E-state index contributed by atoms with van der Waals surface area (Å²) in [5.41, 5.74) is 2.15. The minimum atomic E-state index is -0.179. The SMILES string of the molecule is COc1ccc(CN2CCC3C2C(=O)NCC(CCC(=O)NCc2cccnc2)N3C)cc1. The lowest BCUT2D eigenvalue weighted by atomic mass is 10.0. The largest absolute Gasteiger partial charge is 0.497 e. The second-order valence-electron chi connectivity index (χ2n) is 8.86. The van der Waals surface area contributed by atoms with Crippen LogP contribution >= 0.6 is 0 Å². The van der Waals surface area contributed by atoms with Gasteiger partial charge in [0.1, 0.15) is 11.8 Å². The van der Waals surface area contributed by atoms with Gasteiger partial charge in [0.15, 0.2) is 0 Å². The van der Waals surface area contributed by atoms with E-state index in [9.17, 15) is 9.59 Å². The minimum absolute atomic E-state index is 0.0203. The van der Waals surface area contributed by atoms with Crippen molar-refractivity contribution < 1.29 is 14.3 Å². The fourth-order valence-electron chi connectivity index (χ4n) is 4.88. The molecule has 1 aromatic heterocycles. The Morgan fingerprint density at radius 3 is 2.79 bits per heavy atom. The van der Waals surface area contributed by atoms with E-state index in [2.05, 4.69) is 44.6 Å². The lowest BCUT2D eigenvalue weighted by Crippen LogP contribution is -2.49. The minimum Gasteiger partial charge on any atom is -0.497 e. The Kier molecular flexibility index (Phi) is 7.57. The molecule has 2 aromatic rings. The smallest absolute Gasteiger partial charge is 0.239 e. The lowest BCUT2D eigenvalue weighted by Gasteiger charge is -2.33. The number of hydrogen-bond acceptors (Lipinski definition) is 6. The predicted molar refractivity (Wildman–Crippen MR) is 125 cm³/mol. The second kappa shape index (κ2) is 10.8. The van der Waals surface area contributed by atoms with Crippen molar-refractivity contribution in [3.63, 3.8) is 0 Å². The number of hydrogen-bond donors (Lipinski definition) is 2. The molecule has 0 spiro atoms.